The van der Waals surface area contributed by atoms with Crippen LogP contribution in [-0.4, -0.2) is 30.4 Å². The number of carbonyl (C=O) groups excluding carboxylic acids is 2. The Balaban J connectivity index is 1.69. The number of para-hydroxylation sites is 3. The number of ether oxygens (including phenoxy) is 1. The maximum atomic E-state index is 12.7. The van der Waals surface area contributed by atoms with E-state index < -0.39 is 17.4 Å². The van der Waals surface area contributed by atoms with Gasteiger partial charge >= 0.3 is 5.69 Å². The Kier molecular flexibility index (Phi) is 6.95. The Morgan fingerprint density at radius 3 is 2.35 bits per heavy atom. The summed E-state index contributed by atoms with van der Waals surface area (Å²) in [5.41, 5.74) is 1.47. The van der Waals surface area contributed by atoms with Gasteiger partial charge in [0.2, 0.25) is 0 Å². The standard InChI is InChI=1S/C23H21N3O5/c1-25(22(27)16-31-21-14-8-7-13-20(21)26(29)30)19-12-6-5-11-18(19)23(28)24-15-17-9-3-2-4-10-17/h2-14H,15-16H2,1H3,(H,24,28). The summed E-state index contributed by atoms with van der Waals surface area (Å²) in [5, 5.41) is 13.9. The fourth-order valence-electron chi connectivity index (χ4n) is 2.93. The first kappa shape index (κ1) is 21.5. The number of nitrogens with one attached hydrogen (secondary N) is 1. The zero-order chi connectivity index (χ0) is 22.2. The molecule has 0 atom stereocenters. The molecule has 2 amide bonds. The van der Waals surface area contributed by atoms with Crippen molar-refractivity contribution in [1.82, 2.24) is 5.32 Å². The molecule has 0 radical (unpaired) electrons. The van der Waals surface area contributed by atoms with Crippen LogP contribution in [-0.2, 0) is 11.3 Å². The third kappa shape index (κ3) is 5.45. The number of hydrogen-bond donors (Lipinski definition) is 1. The molecule has 0 bridgehead atoms. The fraction of sp³-hybridized carbons (Fsp3) is 0.130. The Morgan fingerprint density at radius 2 is 1.61 bits per heavy atom. The van der Waals surface area contributed by atoms with Crippen molar-refractivity contribution in [3.05, 3.63) is 100 Å². The second-order valence-electron chi connectivity index (χ2n) is 6.65. The van der Waals surface area contributed by atoms with Crippen LogP contribution in [0.2, 0.25) is 0 Å². The molecule has 0 aliphatic heterocycles. The van der Waals surface area contributed by atoms with Gasteiger partial charge in [-0.3, -0.25) is 19.7 Å². The lowest BCUT2D eigenvalue weighted by Gasteiger charge is -2.20. The molecule has 3 rings (SSSR count). The van der Waals surface area contributed by atoms with Crippen LogP contribution in [0.25, 0.3) is 0 Å². The Bertz CT molecular complexity index is 1090. The van der Waals surface area contributed by atoms with E-state index in [9.17, 15) is 19.7 Å². The van der Waals surface area contributed by atoms with E-state index in [1.54, 1.807) is 30.3 Å². The minimum absolute atomic E-state index is 0.00291. The molecule has 0 aromatic heterocycles. The number of nitro groups is 1. The van der Waals surface area contributed by atoms with Gasteiger partial charge < -0.3 is 15.0 Å². The summed E-state index contributed by atoms with van der Waals surface area (Å²) in [6.45, 7) is -0.0617. The number of amides is 2. The van der Waals surface area contributed by atoms with E-state index in [1.807, 2.05) is 30.3 Å². The van der Waals surface area contributed by atoms with Gasteiger partial charge in [-0.1, -0.05) is 54.6 Å². The van der Waals surface area contributed by atoms with Gasteiger partial charge in [0.1, 0.15) is 0 Å². The van der Waals surface area contributed by atoms with Gasteiger partial charge in [0.15, 0.2) is 12.4 Å². The van der Waals surface area contributed by atoms with Crippen molar-refractivity contribution < 1.29 is 19.2 Å². The van der Waals surface area contributed by atoms with Crippen molar-refractivity contribution >= 4 is 23.2 Å². The van der Waals surface area contributed by atoms with Crippen molar-refractivity contribution in [2.75, 3.05) is 18.6 Å². The number of rotatable bonds is 8. The molecule has 0 aliphatic carbocycles. The van der Waals surface area contributed by atoms with Crippen LogP contribution in [0.15, 0.2) is 78.9 Å². The van der Waals surface area contributed by atoms with Gasteiger partial charge in [-0.2, -0.15) is 0 Å². The molecule has 0 saturated heterocycles. The maximum Gasteiger partial charge on any atom is 0.310 e. The molecule has 0 unspecified atom stereocenters. The number of likely N-dealkylation sites (N-methyl/N-ethyl adjacent to an activating group) is 1. The molecule has 158 valence electrons. The Hall–Kier alpha value is -4.20. The normalized spacial score (nSPS) is 10.2. The van der Waals surface area contributed by atoms with Crippen LogP contribution < -0.4 is 15.0 Å². The number of nitro benzene ring substituents is 1. The van der Waals surface area contributed by atoms with Crippen molar-refractivity contribution in [1.29, 1.82) is 0 Å². The fourth-order valence-corrected chi connectivity index (χ4v) is 2.93. The molecule has 31 heavy (non-hydrogen) atoms. The summed E-state index contributed by atoms with van der Waals surface area (Å²) >= 11 is 0. The molecular formula is C23H21N3O5. The van der Waals surface area contributed by atoms with Crippen LogP contribution in [0.3, 0.4) is 0 Å². The van der Waals surface area contributed by atoms with Gasteiger partial charge in [0, 0.05) is 19.7 Å². The predicted molar refractivity (Wildman–Crippen MR) is 116 cm³/mol. The average Bonchev–Trinajstić information content (AvgIpc) is 2.81. The highest BCUT2D eigenvalue weighted by atomic mass is 16.6. The van der Waals surface area contributed by atoms with E-state index in [4.69, 9.17) is 4.74 Å². The van der Waals surface area contributed by atoms with E-state index >= 15 is 0 Å². The lowest BCUT2D eigenvalue weighted by molar-refractivity contribution is -0.385. The van der Waals surface area contributed by atoms with Crippen molar-refractivity contribution in [3.63, 3.8) is 0 Å². The summed E-state index contributed by atoms with van der Waals surface area (Å²) in [6, 6.07) is 22.0. The molecular weight excluding hydrogens is 398 g/mol. The third-order valence-corrected chi connectivity index (χ3v) is 4.59. The van der Waals surface area contributed by atoms with E-state index in [1.165, 1.54) is 30.1 Å². The van der Waals surface area contributed by atoms with Crippen LogP contribution in [0.4, 0.5) is 11.4 Å². The van der Waals surface area contributed by atoms with Gasteiger partial charge in [-0.25, -0.2) is 0 Å². The van der Waals surface area contributed by atoms with E-state index in [0.29, 0.717) is 17.8 Å². The molecule has 0 saturated carbocycles. The monoisotopic (exact) mass is 419 g/mol. The highest BCUT2D eigenvalue weighted by molar-refractivity contribution is 6.04. The molecule has 3 aromatic rings. The van der Waals surface area contributed by atoms with Crippen LogP contribution in [0.5, 0.6) is 5.75 Å². The third-order valence-electron chi connectivity index (χ3n) is 4.59. The molecule has 8 heteroatoms. The minimum atomic E-state index is -0.574. The van der Waals surface area contributed by atoms with Crippen molar-refractivity contribution in [2.45, 2.75) is 6.54 Å². The number of hydrogen-bond acceptors (Lipinski definition) is 5. The molecule has 0 heterocycles. The van der Waals surface area contributed by atoms with Crippen molar-refractivity contribution in [3.8, 4) is 5.75 Å². The van der Waals surface area contributed by atoms with Crippen LogP contribution >= 0.6 is 0 Å². The molecule has 0 aliphatic rings. The average molecular weight is 419 g/mol. The number of benzene rings is 3. The Morgan fingerprint density at radius 1 is 0.968 bits per heavy atom. The first-order valence-corrected chi connectivity index (χ1v) is 9.51. The molecule has 0 fully saturated rings. The molecule has 1 N–H and O–H groups in total. The van der Waals surface area contributed by atoms with Crippen LogP contribution in [0.1, 0.15) is 15.9 Å². The summed E-state index contributed by atoms with van der Waals surface area (Å²) in [7, 11) is 1.52. The second kappa shape index (κ2) is 10.0. The SMILES string of the molecule is CN(C(=O)COc1ccccc1[N+](=O)[O-])c1ccccc1C(=O)NCc1ccccc1. The largest absolute Gasteiger partial charge is 0.477 e. The smallest absolute Gasteiger partial charge is 0.310 e. The summed E-state index contributed by atoms with van der Waals surface area (Å²) in [6.07, 6.45) is 0. The molecule has 0 spiro atoms. The summed E-state index contributed by atoms with van der Waals surface area (Å²) in [4.78, 5) is 37.2. The first-order valence-electron chi connectivity index (χ1n) is 9.51. The topological polar surface area (TPSA) is 102 Å². The van der Waals surface area contributed by atoms with E-state index in [-0.39, 0.29) is 17.3 Å². The second-order valence-corrected chi connectivity index (χ2v) is 6.65. The lowest BCUT2D eigenvalue weighted by Crippen LogP contribution is -2.33. The number of anilines is 1. The molecule has 3 aromatic carbocycles. The van der Waals surface area contributed by atoms with E-state index in [2.05, 4.69) is 5.32 Å². The minimum Gasteiger partial charge on any atom is -0.477 e. The number of nitrogens with zero attached hydrogens (tertiary/aromatic N) is 2. The quantitative estimate of drug-likeness (QED) is 0.444. The zero-order valence-corrected chi connectivity index (χ0v) is 16.9. The Labute approximate surface area is 179 Å². The zero-order valence-electron chi connectivity index (χ0n) is 16.9. The lowest BCUT2D eigenvalue weighted by atomic mass is 10.1. The van der Waals surface area contributed by atoms with E-state index in [0.717, 1.165) is 5.56 Å². The maximum absolute atomic E-state index is 12.7. The van der Waals surface area contributed by atoms with Gasteiger partial charge in [-0.05, 0) is 23.8 Å². The molecule has 8 nitrogen and oxygen atoms in total. The predicted octanol–water partition coefficient (Wildman–Crippen LogP) is 3.57. The first-order chi connectivity index (χ1) is 15.0. The van der Waals surface area contributed by atoms with Crippen molar-refractivity contribution in [2.24, 2.45) is 0 Å². The van der Waals surface area contributed by atoms with Gasteiger partial charge in [0.05, 0.1) is 16.2 Å². The van der Waals surface area contributed by atoms with Gasteiger partial charge in [0.25, 0.3) is 11.8 Å². The highest BCUT2D eigenvalue weighted by Crippen LogP contribution is 2.26. The highest BCUT2D eigenvalue weighted by Gasteiger charge is 2.20. The number of carbonyl (C=O) groups is 2. The summed E-state index contributed by atoms with van der Waals surface area (Å²) < 4.78 is 5.38. The van der Waals surface area contributed by atoms with Gasteiger partial charge in [-0.15, -0.1) is 0 Å². The summed E-state index contributed by atoms with van der Waals surface area (Å²) in [5.74, 6) is -0.775. The van der Waals surface area contributed by atoms with Crippen LogP contribution in [0, 0.1) is 10.1 Å².